The van der Waals surface area contributed by atoms with E-state index in [0.717, 1.165) is 5.75 Å². The smallest absolute Gasteiger partial charge is 0.292 e. The summed E-state index contributed by atoms with van der Waals surface area (Å²) in [5.74, 6) is 0.616. The van der Waals surface area contributed by atoms with Crippen molar-refractivity contribution in [3.05, 3.63) is 36.4 Å². The highest BCUT2D eigenvalue weighted by molar-refractivity contribution is 6.01. The maximum Gasteiger partial charge on any atom is 0.292 e. The van der Waals surface area contributed by atoms with Gasteiger partial charge in [0.25, 0.3) is 5.91 Å². The van der Waals surface area contributed by atoms with Crippen molar-refractivity contribution in [1.29, 1.82) is 0 Å². The molecule has 0 aliphatic rings. The van der Waals surface area contributed by atoms with Crippen LogP contribution in [-0.4, -0.2) is 27.2 Å². The third kappa shape index (κ3) is 3.07. The third-order valence-electron chi connectivity index (χ3n) is 2.11. The van der Waals surface area contributed by atoms with Gasteiger partial charge >= 0.3 is 0 Å². The standard InChI is InChI=1S/C12H14N4O2/c1-8(2)18-10-5-3-9(4-6-10)15-12(17)11-13-7-14-16-11/h3-8H,1-2H3,(H,15,17)(H,13,14,16). The number of aromatic nitrogens is 3. The summed E-state index contributed by atoms with van der Waals surface area (Å²) in [7, 11) is 0. The maximum atomic E-state index is 11.7. The fraction of sp³-hybridized carbons (Fsp3) is 0.250. The van der Waals surface area contributed by atoms with Crippen LogP contribution in [0.3, 0.4) is 0 Å². The monoisotopic (exact) mass is 246 g/mol. The molecule has 1 aromatic heterocycles. The molecule has 0 spiro atoms. The molecule has 2 N–H and O–H groups in total. The van der Waals surface area contributed by atoms with Crippen LogP contribution < -0.4 is 10.1 Å². The summed E-state index contributed by atoms with van der Waals surface area (Å²) in [4.78, 5) is 15.4. The van der Waals surface area contributed by atoms with E-state index in [1.807, 2.05) is 13.8 Å². The molecule has 0 atom stereocenters. The first-order valence-corrected chi connectivity index (χ1v) is 5.58. The van der Waals surface area contributed by atoms with Gasteiger partial charge in [0.05, 0.1) is 6.10 Å². The van der Waals surface area contributed by atoms with Gasteiger partial charge in [0.2, 0.25) is 5.82 Å². The molecule has 0 aliphatic heterocycles. The number of H-pyrrole nitrogens is 1. The number of carbonyl (C=O) groups is 1. The topological polar surface area (TPSA) is 79.9 Å². The lowest BCUT2D eigenvalue weighted by atomic mass is 10.3. The summed E-state index contributed by atoms with van der Waals surface area (Å²) in [5, 5.41) is 8.81. The van der Waals surface area contributed by atoms with Crippen LogP contribution in [0.2, 0.25) is 0 Å². The Morgan fingerprint density at radius 3 is 2.61 bits per heavy atom. The molecular formula is C12H14N4O2. The van der Waals surface area contributed by atoms with Gasteiger partial charge in [-0.2, -0.15) is 5.10 Å². The average molecular weight is 246 g/mol. The SMILES string of the molecule is CC(C)Oc1ccc(NC(=O)c2ncn[nH]2)cc1. The number of carbonyl (C=O) groups excluding carboxylic acids is 1. The molecule has 1 heterocycles. The van der Waals surface area contributed by atoms with Crippen molar-refractivity contribution >= 4 is 11.6 Å². The van der Waals surface area contributed by atoms with Crippen molar-refractivity contribution < 1.29 is 9.53 Å². The Bertz CT molecular complexity index is 505. The highest BCUT2D eigenvalue weighted by atomic mass is 16.5. The lowest BCUT2D eigenvalue weighted by Gasteiger charge is -2.10. The molecule has 2 rings (SSSR count). The summed E-state index contributed by atoms with van der Waals surface area (Å²) in [6.45, 7) is 3.92. The van der Waals surface area contributed by atoms with Gasteiger partial charge in [0.15, 0.2) is 0 Å². The molecule has 0 radical (unpaired) electrons. The van der Waals surface area contributed by atoms with Gasteiger partial charge in [-0.1, -0.05) is 0 Å². The fourth-order valence-corrected chi connectivity index (χ4v) is 1.39. The zero-order chi connectivity index (χ0) is 13.0. The van der Waals surface area contributed by atoms with E-state index in [4.69, 9.17) is 4.74 Å². The molecule has 0 saturated heterocycles. The summed E-state index contributed by atoms with van der Waals surface area (Å²) >= 11 is 0. The van der Waals surface area contributed by atoms with E-state index < -0.39 is 0 Å². The first kappa shape index (κ1) is 12.1. The zero-order valence-corrected chi connectivity index (χ0v) is 10.2. The second kappa shape index (κ2) is 5.31. The van der Waals surface area contributed by atoms with Crippen LogP contribution in [0.15, 0.2) is 30.6 Å². The molecule has 0 fully saturated rings. The van der Waals surface area contributed by atoms with E-state index >= 15 is 0 Å². The first-order valence-electron chi connectivity index (χ1n) is 5.58. The highest BCUT2D eigenvalue weighted by Gasteiger charge is 2.08. The van der Waals surface area contributed by atoms with Gasteiger partial charge in [-0.15, -0.1) is 0 Å². The zero-order valence-electron chi connectivity index (χ0n) is 10.2. The van der Waals surface area contributed by atoms with Crippen molar-refractivity contribution in [1.82, 2.24) is 15.2 Å². The molecule has 0 saturated carbocycles. The average Bonchev–Trinajstić information content (AvgIpc) is 2.84. The molecule has 2 aromatic rings. The van der Waals surface area contributed by atoms with Crippen LogP contribution in [0.1, 0.15) is 24.5 Å². The second-order valence-corrected chi connectivity index (χ2v) is 3.98. The predicted molar refractivity (Wildman–Crippen MR) is 66.5 cm³/mol. The summed E-state index contributed by atoms with van der Waals surface area (Å²) in [6.07, 6.45) is 1.41. The normalized spacial score (nSPS) is 10.4. The number of aromatic amines is 1. The van der Waals surface area contributed by atoms with Crippen molar-refractivity contribution in [2.45, 2.75) is 20.0 Å². The Morgan fingerprint density at radius 1 is 1.33 bits per heavy atom. The number of hydrogen-bond donors (Lipinski definition) is 2. The van der Waals surface area contributed by atoms with E-state index in [1.54, 1.807) is 24.3 Å². The van der Waals surface area contributed by atoms with Gasteiger partial charge < -0.3 is 10.1 Å². The van der Waals surface area contributed by atoms with Gasteiger partial charge in [-0.05, 0) is 38.1 Å². The molecule has 1 aromatic carbocycles. The van der Waals surface area contributed by atoms with Gasteiger partial charge in [0.1, 0.15) is 12.1 Å². The van der Waals surface area contributed by atoms with Crippen molar-refractivity contribution in [3.8, 4) is 5.75 Å². The summed E-state index contributed by atoms with van der Waals surface area (Å²) in [5.41, 5.74) is 0.674. The Balaban J connectivity index is 2.00. The van der Waals surface area contributed by atoms with E-state index in [-0.39, 0.29) is 17.8 Å². The Morgan fingerprint density at radius 2 is 2.06 bits per heavy atom. The van der Waals surface area contributed by atoms with Gasteiger partial charge in [-0.25, -0.2) is 4.98 Å². The molecule has 6 nitrogen and oxygen atoms in total. The van der Waals surface area contributed by atoms with E-state index in [2.05, 4.69) is 20.5 Å². The molecule has 6 heteroatoms. The number of hydrogen-bond acceptors (Lipinski definition) is 4. The molecule has 0 aliphatic carbocycles. The van der Waals surface area contributed by atoms with Gasteiger partial charge in [0, 0.05) is 5.69 Å². The number of rotatable bonds is 4. The summed E-state index contributed by atoms with van der Waals surface area (Å²) < 4.78 is 5.51. The predicted octanol–water partition coefficient (Wildman–Crippen LogP) is 1.84. The van der Waals surface area contributed by atoms with E-state index in [0.29, 0.717) is 5.69 Å². The number of nitrogens with one attached hydrogen (secondary N) is 2. The van der Waals surface area contributed by atoms with Gasteiger partial charge in [-0.3, -0.25) is 9.89 Å². The van der Waals surface area contributed by atoms with Crippen molar-refractivity contribution in [2.24, 2.45) is 0 Å². The minimum atomic E-state index is -0.329. The Labute approximate surface area is 104 Å². The quantitative estimate of drug-likeness (QED) is 0.862. The van der Waals surface area contributed by atoms with Crippen molar-refractivity contribution in [2.75, 3.05) is 5.32 Å². The highest BCUT2D eigenvalue weighted by Crippen LogP contribution is 2.17. The van der Waals surface area contributed by atoms with Crippen molar-refractivity contribution in [3.63, 3.8) is 0 Å². The molecule has 1 amide bonds. The van der Waals surface area contributed by atoms with Crippen LogP contribution in [0, 0.1) is 0 Å². The third-order valence-corrected chi connectivity index (χ3v) is 2.11. The second-order valence-electron chi connectivity index (χ2n) is 3.98. The van der Waals surface area contributed by atoms with E-state index in [9.17, 15) is 4.79 Å². The van der Waals surface area contributed by atoms with Crippen LogP contribution in [0.4, 0.5) is 5.69 Å². The molecule has 0 bridgehead atoms. The molecular weight excluding hydrogens is 232 g/mol. The fourth-order valence-electron chi connectivity index (χ4n) is 1.39. The molecule has 94 valence electrons. The van der Waals surface area contributed by atoms with E-state index in [1.165, 1.54) is 6.33 Å². The number of anilines is 1. The minimum Gasteiger partial charge on any atom is -0.491 e. The lowest BCUT2D eigenvalue weighted by Crippen LogP contribution is -2.13. The largest absolute Gasteiger partial charge is 0.491 e. The van der Waals surface area contributed by atoms with Crippen LogP contribution >= 0.6 is 0 Å². The number of benzene rings is 1. The Kier molecular flexibility index (Phi) is 3.57. The van der Waals surface area contributed by atoms with Crippen LogP contribution in [0.5, 0.6) is 5.75 Å². The summed E-state index contributed by atoms with van der Waals surface area (Å²) in [6, 6.07) is 7.14. The molecule has 18 heavy (non-hydrogen) atoms. The minimum absolute atomic E-state index is 0.125. The number of ether oxygens (including phenoxy) is 1. The lowest BCUT2D eigenvalue weighted by molar-refractivity contribution is 0.101. The molecule has 0 unspecified atom stereocenters. The first-order chi connectivity index (χ1) is 8.65. The van der Waals surface area contributed by atoms with Crippen LogP contribution in [-0.2, 0) is 0 Å². The number of nitrogens with zero attached hydrogens (tertiary/aromatic N) is 2. The Hall–Kier alpha value is -2.37. The van der Waals surface area contributed by atoms with Crippen LogP contribution in [0.25, 0.3) is 0 Å². The number of amides is 1. The maximum absolute atomic E-state index is 11.7.